The number of nitriles is 1. The Morgan fingerprint density at radius 1 is 0.622 bits per heavy atom. The third kappa shape index (κ3) is 3.04. The van der Waals surface area contributed by atoms with Crippen LogP contribution in [0.4, 0.5) is 0 Å². The topological polar surface area (TPSA) is 28.7 Å². The molecule has 1 heterocycles. The van der Waals surface area contributed by atoms with Gasteiger partial charge in [-0.3, -0.25) is 0 Å². The van der Waals surface area contributed by atoms with Crippen molar-refractivity contribution in [3.63, 3.8) is 0 Å². The van der Waals surface area contributed by atoms with E-state index in [2.05, 4.69) is 95.6 Å². The molecule has 4 atom stereocenters. The van der Waals surface area contributed by atoms with Crippen LogP contribution < -0.4 is 0 Å². The summed E-state index contributed by atoms with van der Waals surface area (Å²) in [5.74, 6) is 1.63. The van der Waals surface area contributed by atoms with E-state index in [4.69, 9.17) is 0 Å². The van der Waals surface area contributed by atoms with Gasteiger partial charge in [0.15, 0.2) is 0 Å². The quantitative estimate of drug-likeness (QED) is 0.256. The zero-order valence-electron chi connectivity index (χ0n) is 21.0. The summed E-state index contributed by atoms with van der Waals surface area (Å²) in [7, 11) is 0. The first kappa shape index (κ1) is 21.3. The molecule has 9 rings (SSSR count). The third-order valence-corrected chi connectivity index (χ3v) is 10.0. The van der Waals surface area contributed by atoms with Gasteiger partial charge in [0.1, 0.15) is 0 Å². The van der Waals surface area contributed by atoms with Crippen LogP contribution in [0.15, 0.2) is 97.1 Å². The van der Waals surface area contributed by atoms with Gasteiger partial charge in [0.2, 0.25) is 0 Å². The maximum atomic E-state index is 9.31. The van der Waals surface area contributed by atoms with Crippen molar-refractivity contribution < 1.29 is 0 Å². The predicted octanol–water partition coefficient (Wildman–Crippen LogP) is 8.44. The van der Waals surface area contributed by atoms with Crippen LogP contribution in [-0.4, -0.2) is 4.57 Å². The number of para-hydroxylation sites is 2. The molecule has 180 valence electrons. The zero-order valence-corrected chi connectivity index (χ0v) is 21.0. The van der Waals surface area contributed by atoms with Crippen molar-refractivity contribution in [1.29, 1.82) is 5.26 Å². The SMILES string of the molecule is N#Cc1ccc(C23C[C@H]4C[C@@H](C2)CC(c2ccc(-n5c6ccccc6c6ccccc65)cc2)(C4)C3)cc1. The highest BCUT2D eigenvalue weighted by Crippen LogP contribution is 2.66. The van der Waals surface area contributed by atoms with Crippen molar-refractivity contribution >= 4 is 21.8 Å². The van der Waals surface area contributed by atoms with E-state index in [0.29, 0.717) is 0 Å². The Morgan fingerprint density at radius 2 is 1.11 bits per heavy atom. The Balaban J connectivity index is 1.21. The largest absolute Gasteiger partial charge is 0.309 e. The lowest BCUT2D eigenvalue weighted by molar-refractivity contribution is -0.0281. The predicted molar refractivity (Wildman–Crippen MR) is 150 cm³/mol. The van der Waals surface area contributed by atoms with Gasteiger partial charge < -0.3 is 4.57 Å². The Kier molecular flexibility index (Phi) is 4.36. The van der Waals surface area contributed by atoms with Gasteiger partial charge in [-0.15, -0.1) is 0 Å². The van der Waals surface area contributed by atoms with Crippen LogP contribution in [0.3, 0.4) is 0 Å². The molecule has 37 heavy (non-hydrogen) atoms. The maximum Gasteiger partial charge on any atom is 0.0991 e. The monoisotopic (exact) mass is 478 g/mol. The highest BCUT2D eigenvalue weighted by atomic mass is 15.0. The number of hydrogen-bond donors (Lipinski definition) is 0. The first-order chi connectivity index (χ1) is 18.2. The minimum atomic E-state index is 0.267. The summed E-state index contributed by atoms with van der Waals surface area (Å²) in [6.07, 6.45) is 7.94. The molecule has 4 aliphatic rings. The molecule has 0 aliphatic heterocycles. The van der Waals surface area contributed by atoms with E-state index in [1.165, 1.54) is 77.1 Å². The second-order valence-corrected chi connectivity index (χ2v) is 12.1. The molecular formula is C35H30N2. The molecule has 0 N–H and O–H groups in total. The summed E-state index contributed by atoms with van der Waals surface area (Å²) in [6.45, 7) is 0. The third-order valence-electron chi connectivity index (χ3n) is 10.0. The smallest absolute Gasteiger partial charge is 0.0991 e. The van der Waals surface area contributed by atoms with E-state index in [0.717, 1.165) is 17.4 Å². The van der Waals surface area contributed by atoms with Crippen molar-refractivity contribution in [2.75, 3.05) is 0 Å². The summed E-state index contributed by atoms with van der Waals surface area (Å²) < 4.78 is 2.42. The van der Waals surface area contributed by atoms with Crippen LogP contribution in [0.2, 0.25) is 0 Å². The molecule has 2 nitrogen and oxygen atoms in total. The molecule has 5 aromatic rings. The lowest BCUT2D eigenvalue weighted by atomic mass is 9.42. The Bertz CT molecular complexity index is 1630. The maximum absolute atomic E-state index is 9.31. The van der Waals surface area contributed by atoms with E-state index >= 15 is 0 Å². The highest BCUT2D eigenvalue weighted by molar-refractivity contribution is 6.09. The van der Waals surface area contributed by atoms with E-state index in [9.17, 15) is 5.26 Å². The van der Waals surface area contributed by atoms with E-state index in [1.807, 2.05) is 12.1 Å². The highest BCUT2D eigenvalue weighted by Gasteiger charge is 2.58. The molecule has 0 spiro atoms. The number of rotatable bonds is 3. The lowest BCUT2D eigenvalue weighted by Gasteiger charge is -2.62. The number of aromatic nitrogens is 1. The second-order valence-electron chi connectivity index (χ2n) is 12.1. The minimum absolute atomic E-state index is 0.267. The summed E-state index contributed by atoms with van der Waals surface area (Å²) >= 11 is 0. The lowest BCUT2D eigenvalue weighted by Crippen LogP contribution is -2.55. The van der Waals surface area contributed by atoms with E-state index < -0.39 is 0 Å². The standard InChI is InChI=1S/C35H30N2/c36-22-24-9-11-27(12-10-24)34-18-25-17-26(19-34)21-35(20-25,23-34)28-13-15-29(16-14-28)37-32-7-3-1-5-30(32)31-6-2-4-8-33(31)37/h1-16,25-26H,17-21,23H2/t25-,26+,34?,35?. The molecule has 4 aromatic carbocycles. The molecule has 4 fully saturated rings. The van der Waals surface area contributed by atoms with Gasteiger partial charge >= 0.3 is 0 Å². The van der Waals surface area contributed by atoms with Crippen molar-refractivity contribution in [3.8, 4) is 11.8 Å². The fraction of sp³-hybridized carbons (Fsp3) is 0.286. The van der Waals surface area contributed by atoms with Crippen LogP contribution in [0.25, 0.3) is 27.5 Å². The fourth-order valence-electron chi connectivity index (χ4n) is 9.00. The molecule has 0 amide bonds. The minimum Gasteiger partial charge on any atom is -0.309 e. The van der Waals surface area contributed by atoms with Crippen LogP contribution >= 0.6 is 0 Å². The Morgan fingerprint density at radius 3 is 1.62 bits per heavy atom. The summed E-state index contributed by atoms with van der Waals surface area (Å²) in [6, 6.07) is 38.0. The molecule has 2 heteroatoms. The van der Waals surface area contributed by atoms with Gasteiger partial charge in [0.25, 0.3) is 0 Å². The van der Waals surface area contributed by atoms with Crippen molar-refractivity contribution in [3.05, 3.63) is 114 Å². The second kappa shape index (κ2) is 7.59. The molecular weight excluding hydrogens is 448 g/mol. The van der Waals surface area contributed by atoms with E-state index in [1.54, 1.807) is 0 Å². The number of nitrogens with zero attached hydrogens (tertiary/aromatic N) is 2. The Labute approximate surface area is 218 Å². The van der Waals surface area contributed by atoms with Crippen molar-refractivity contribution in [1.82, 2.24) is 4.57 Å². The summed E-state index contributed by atoms with van der Waals surface area (Å²) in [4.78, 5) is 0. The first-order valence-electron chi connectivity index (χ1n) is 13.8. The normalized spacial score (nSPS) is 28.1. The van der Waals surface area contributed by atoms with Gasteiger partial charge in [0, 0.05) is 16.5 Å². The molecule has 2 unspecified atom stereocenters. The number of benzene rings is 4. The first-order valence-corrected chi connectivity index (χ1v) is 13.8. The summed E-state index contributed by atoms with van der Waals surface area (Å²) in [5, 5.41) is 11.9. The Hall–Kier alpha value is -3.83. The molecule has 0 radical (unpaired) electrons. The van der Waals surface area contributed by atoms with E-state index in [-0.39, 0.29) is 10.8 Å². The number of hydrogen-bond acceptors (Lipinski definition) is 1. The van der Waals surface area contributed by atoms with Gasteiger partial charge in [-0.2, -0.15) is 5.26 Å². The van der Waals surface area contributed by atoms with Gasteiger partial charge in [-0.05, 0) is 109 Å². The molecule has 1 aromatic heterocycles. The van der Waals surface area contributed by atoms with Crippen LogP contribution in [0.1, 0.15) is 55.2 Å². The molecule has 4 bridgehead atoms. The van der Waals surface area contributed by atoms with Gasteiger partial charge in [-0.25, -0.2) is 0 Å². The fourth-order valence-corrected chi connectivity index (χ4v) is 9.00. The van der Waals surface area contributed by atoms with Crippen LogP contribution in [0.5, 0.6) is 0 Å². The van der Waals surface area contributed by atoms with Crippen LogP contribution in [-0.2, 0) is 10.8 Å². The zero-order chi connectivity index (χ0) is 24.6. The average molecular weight is 479 g/mol. The molecule has 0 saturated heterocycles. The molecule has 4 aliphatic carbocycles. The van der Waals surface area contributed by atoms with Gasteiger partial charge in [0.05, 0.1) is 22.7 Å². The molecule has 4 saturated carbocycles. The average Bonchev–Trinajstić information content (AvgIpc) is 3.27. The van der Waals surface area contributed by atoms with Crippen LogP contribution in [0, 0.1) is 23.2 Å². The number of fused-ring (bicyclic) bond motifs is 3. The van der Waals surface area contributed by atoms with Crippen molar-refractivity contribution in [2.45, 2.75) is 49.4 Å². The van der Waals surface area contributed by atoms with Crippen molar-refractivity contribution in [2.24, 2.45) is 11.8 Å². The summed E-state index contributed by atoms with van der Waals surface area (Å²) in [5.41, 5.74) is 8.09. The van der Waals surface area contributed by atoms with Gasteiger partial charge in [-0.1, -0.05) is 60.7 Å².